The van der Waals surface area contributed by atoms with E-state index in [4.69, 9.17) is 33.4 Å². The molecule has 0 bridgehead atoms. The first-order valence-electron chi connectivity index (χ1n) is 5.30. The Hall–Kier alpha value is -0.700. The highest BCUT2D eigenvalue weighted by Gasteiger charge is 2.31. The van der Waals surface area contributed by atoms with Crippen LogP contribution in [0.4, 0.5) is 0 Å². The van der Waals surface area contributed by atoms with Crippen molar-refractivity contribution in [1.82, 2.24) is 0 Å². The summed E-state index contributed by atoms with van der Waals surface area (Å²) in [6.45, 7) is 0. The minimum absolute atomic E-state index is 0.0118. The van der Waals surface area contributed by atoms with Gasteiger partial charge < -0.3 is 10.2 Å². The summed E-state index contributed by atoms with van der Waals surface area (Å²) in [5, 5.41) is 1.93. The Morgan fingerprint density at radius 1 is 1.31 bits per heavy atom. The van der Waals surface area contributed by atoms with E-state index < -0.39 is 0 Å². The molecule has 2 aromatic rings. The first kappa shape index (κ1) is 10.5. The van der Waals surface area contributed by atoms with E-state index in [9.17, 15) is 0 Å². The van der Waals surface area contributed by atoms with Crippen LogP contribution in [-0.4, -0.2) is 0 Å². The monoisotopic (exact) mass is 255 g/mol. The molecule has 1 heterocycles. The Labute approximate surface area is 103 Å². The zero-order valence-corrected chi connectivity index (χ0v) is 10.1. The molecule has 1 aromatic heterocycles. The van der Waals surface area contributed by atoms with Crippen LogP contribution in [0.25, 0.3) is 11.0 Å². The largest absolute Gasteiger partial charge is 0.458 e. The average Bonchev–Trinajstić information content (AvgIpc) is 3.02. The van der Waals surface area contributed by atoms with Gasteiger partial charge in [-0.15, -0.1) is 0 Å². The van der Waals surface area contributed by atoms with E-state index in [-0.39, 0.29) is 6.04 Å². The summed E-state index contributed by atoms with van der Waals surface area (Å²) < 4.78 is 5.70. The molecule has 1 aliphatic carbocycles. The van der Waals surface area contributed by atoms with Crippen molar-refractivity contribution >= 4 is 34.2 Å². The standard InChI is InChI=1S/C12H11Cl2NO/c13-8-4-3-7-5-9(11(15)6-1-2-6)16-12(7)10(8)14/h3-6,11H,1-2,15H2. The van der Waals surface area contributed by atoms with Gasteiger partial charge in [0, 0.05) is 5.39 Å². The van der Waals surface area contributed by atoms with Gasteiger partial charge in [-0.05, 0) is 37.0 Å². The zero-order chi connectivity index (χ0) is 11.3. The number of fused-ring (bicyclic) bond motifs is 1. The van der Waals surface area contributed by atoms with E-state index in [1.165, 1.54) is 12.8 Å². The van der Waals surface area contributed by atoms with Crippen molar-refractivity contribution in [2.75, 3.05) is 0 Å². The first-order chi connectivity index (χ1) is 7.66. The number of hydrogen-bond donors (Lipinski definition) is 1. The van der Waals surface area contributed by atoms with Crippen LogP contribution in [-0.2, 0) is 0 Å². The smallest absolute Gasteiger partial charge is 0.154 e. The predicted octanol–water partition coefficient (Wildman–Crippen LogP) is 4.15. The highest BCUT2D eigenvalue weighted by Crippen LogP contribution is 2.42. The van der Waals surface area contributed by atoms with Crippen LogP contribution in [0.3, 0.4) is 0 Å². The lowest BCUT2D eigenvalue weighted by Crippen LogP contribution is -2.10. The summed E-state index contributed by atoms with van der Waals surface area (Å²) in [5.74, 6) is 1.37. The molecule has 1 unspecified atom stereocenters. The zero-order valence-electron chi connectivity index (χ0n) is 8.54. The van der Waals surface area contributed by atoms with Gasteiger partial charge in [-0.25, -0.2) is 0 Å². The summed E-state index contributed by atoms with van der Waals surface area (Å²) in [5.41, 5.74) is 6.72. The first-order valence-corrected chi connectivity index (χ1v) is 6.05. The predicted molar refractivity (Wildman–Crippen MR) is 65.9 cm³/mol. The molecule has 0 saturated heterocycles. The van der Waals surface area contributed by atoms with E-state index in [1.54, 1.807) is 6.07 Å². The Morgan fingerprint density at radius 3 is 2.75 bits per heavy atom. The van der Waals surface area contributed by atoms with Crippen molar-refractivity contribution in [3.8, 4) is 0 Å². The maximum atomic E-state index is 6.08. The highest BCUT2D eigenvalue weighted by molar-refractivity contribution is 6.44. The van der Waals surface area contributed by atoms with Gasteiger partial charge in [0.2, 0.25) is 0 Å². The second-order valence-corrected chi connectivity index (χ2v) is 5.08. The van der Waals surface area contributed by atoms with Crippen molar-refractivity contribution < 1.29 is 4.42 Å². The van der Waals surface area contributed by atoms with Gasteiger partial charge in [-0.3, -0.25) is 0 Å². The number of halogens is 2. The topological polar surface area (TPSA) is 39.2 Å². The van der Waals surface area contributed by atoms with Crippen LogP contribution in [0.2, 0.25) is 10.0 Å². The summed E-state index contributed by atoms with van der Waals surface area (Å²) in [4.78, 5) is 0. The van der Waals surface area contributed by atoms with E-state index in [0.29, 0.717) is 21.5 Å². The normalized spacial score (nSPS) is 17.9. The lowest BCUT2D eigenvalue weighted by molar-refractivity contribution is 0.467. The number of benzene rings is 1. The van der Waals surface area contributed by atoms with Gasteiger partial charge in [0.1, 0.15) is 10.8 Å². The number of furan rings is 1. The Balaban J connectivity index is 2.11. The SMILES string of the molecule is NC(c1cc2ccc(Cl)c(Cl)c2o1)C1CC1. The third-order valence-corrected chi connectivity index (χ3v) is 3.84. The maximum absolute atomic E-state index is 6.08. The van der Waals surface area contributed by atoms with Crippen LogP contribution < -0.4 is 5.73 Å². The van der Waals surface area contributed by atoms with Gasteiger partial charge in [-0.1, -0.05) is 23.2 Å². The highest BCUT2D eigenvalue weighted by atomic mass is 35.5. The van der Waals surface area contributed by atoms with Crippen molar-refractivity contribution in [2.45, 2.75) is 18.9 Å². The van der Waals surface area contributed by atoms with Crippen LogP contribution >= 0.6 is 23.2 Å². The molecule has 1 aliphatic rings. The van der Waals surface area contributed by atoms with Gasteiger partial charge in [0.05, 0.1) is 11.1 Å². The minimum atomic E-state index is -0.0118. The quantitative estimate of drug-likeness (QED) is 0.876. The van der Waals surface area contributed by atoms with E-state index >= 15 is 0 Å². The summed E-state index contributed by atoms with van der Waals surface area (Å²) in [7, 11) is 0. The Kier molecular flexibility index (Phi) is 2.39. The Bertz CT molecular complexity index is 545. The summed E-state index contributed by atoms with van der Waals surface area (Å²) in [6.07, 6.45) is 2.37. The number of nitrogens with two attached hydrogens (primary N) is 1. The van der Waals surface area contributed by atoms with Crippen molar-refractivity contribution in [3.05, 3.63) is 34.0 Å². The van der Waals surface area contributed by atoms with Gasteiger partial charge in [0.15, 0.2) is 5.58 Å². The molecule has 0 radical (unpaired) electrons. The van der Waals surface area contributed by atoms with E-state index in [0.717, 1.165) is 11.1 Å². The van der Waals surface area contributed by atoms with Crippen molar-refractivity contribution in [1.29, 1.82) is 0 Å². The van der Waals surface area contributed by atoms with Crippen LogP contribution in [0.15, 0.2) is 22.6 Å². The van der Waals surface area contributed by atoms with Crippen LogP contribution in [0, 0.1) is 5.92 Å². The average molecular weight is 256 g/mol. The fraction of sp³-hybridized carbons (Fsp3) is 0.333. The Morgan fingerprint density at radius 2 is 2.06 bits per heavy atom. The molecule has 3 rings (SSSR count). The van der Waals surface area contributed by atoms with Gasteiger partial charge >= 0.3 is 0 Å². The molecule has 2 nitrogen and oxygen atoms in total. The lowest BCUT2D eigenvalue weighted by Gasteiger charge is -2.04. The molecule has 1 fully saturated rings. The fourth-order valence-electron chi connectivity index (χ4n) is 1.92. The summed E-state index contributed by atoms with van der Waals surface area (Å²) in [6, 6.07) is 5.62. The van der Waals surface area contributed by atoms with Crippen LogP contribution in [0.5, 0.6) is 0 Å². The van der Waals surface area contributed by atoms with Crippen molar-refractivity contribution in [3.63, 3.8) is 0 Å². The second-order valence-electron chi connectivity index (χ2n) is 4.29. The molecule has 16 heavy (non-hydrogen) atoms. The second kappa shape index (κ2) is 3.66. The van der Waals surface area contributed by atoms with Gasteiger partial charge in [-0.2, -0.15) is 0 Å². The molecule has 0 aliphatic heterocycles. The summed E-state index contributed by atoms with van der Waals surface area (Å²) >= 11 is 12.0. The number of rotatable bonds is 2. The molecule has 1 atom stereocenters. The third-order valence-electron chi connectivity index (χ3n) is 3.06. The van der Waals surface area contributed by atoms with Crippen molar-refractivity contribution in [2.24, 2.45) is 11.7 Å². The molecule has 2 N–H and O–H groups in total. The molecule has 4 heteroatoms. The molecular weight excluding hydrogens is 245 g/mol. The minimum Gasteiger partial charge on any atom is -0.458 e. The number of hydrogen-bond acceptors (Lipinski definition) is 2. The molecule has 1 saturated carbocycles. The van der Waals surface area contributed by atoms with E-state index in [1.807, 2.05) is 12.1 Å². The van der Waals surface area contributed by atoms with Gasteiger partial charge in [0.25, 0.3) is 0 Å². The fourth-order valence-corrected chi connectivity index (χ4v) is 2.28. The molecule has 1 aromatic carbocycles. The molecular formula is C12H11Cl2NO. The molecule has 0 spiro atoms. The van der Waals surface area contributed by atoms with E-state index in [2.05, 4.69) is 0 Å². The maximum Gasteiger partial charge on any atom is 0.154 e. The molecule has 84 valence electrons. The van der Waals surface area contributed by atoms with Crippen LogP contribution in [0.1, 0.15) is 24.6 Å². The molecule has 0 amide bonds. The third kappa shape index (κ3) is 1.61. The lowest BCUT2D eigenvalue weighted by atomic mass is 10.1.